The van der Waals surface area contributed by atoms with Crippen LogP contribution in [-0.4, -0.2) is 55.8 Å². The largest absolute Gasteiger partial charge is 0.497 e. The van der Waals surface area contributed by atoms with Crippen LogP contribution in [0.1, 0.15) is 60.9 Å². The molecule has 0 radical (unpaired) electrons. The molecule has 0 unspecified atom stereocenters. The summed E-state index contributed by atoms with van der Waals surface area (Å²) in [6.45, 7) is 0.862. The van der Waals surface area contributed by atoms with Crippen LogP contribution in [0.2, 0.25) is 0 Å². The van der Waals surface area contributed by atoms with Crippen molar-refractivity contribution >= 4 is 17.5 Å². The van der Waals surface area contributed by atoms with E-state index in [1.807, 2.05) is 0 Å². The van der Waals surface area contributed by atoms with Gasteiger partial charge in [-0.05, 0) is 67.1 Å². The first-order chi connectivity index (χ1) is 18.0. The van der Waals surface area contributed by atoms with Crippen LogP contribution in [-0.2, 0) is 11.2 Å². The Morgan fingerprint density at radius 1 is 1.14 bits per heavy atom. The van der Waals surface area contributed by atoms with Gasteiger partial charge in [-0.15, -0.1) is 0 Å². The second-order valence-corrected chi connectivity index (χ2v) is 10.2. The number of nitrogens with one attached hydrogen (secondary N) is 2. The lowest BCUT2D eigenvalue weighted by molar-refractivity contribution is -0.124. The molecule has 2 aliphatic rings. The monoisotopic (exact) mass is 511 g/mol. The molecular formula is C29H38FN3O4. The normalized spacial score (nSPS) is 17.1. The van der Waals surface area contributed by atoms with Crippen molar-refractivity contribution in [1.29, 1.82) is 0 Å². The predicted molar refractivity (Wildman–Crippen MR) is 141 cm³/mol. The molecule has 200 valence electrons. The van der Waals surface area contributed by atoms with Crippen LogP contribution in [0.5, 0.6) is 5.75 Å². The molecule has 0 aromatic heterocycles. The molecule has 2 atom stereocenters. The smallest absolute Gasteiger partial charge is 0.252 e. The number of methoxy groups -OCH3 is 1. The minimum absolute atomic E-state index is 0.238. The van der Waals surface area contributed by atoms with Crippen molar-refractivity contribution in [3.63, 3.8) is 0 Å². The van der Waals surface area contributed by atoms with Crippen molar-refractivity contribution in [1.82, 2.24) is 10.6 Å². The first-order valence-corrected chi connectivity index (χ1v) is 13.4. The topological polar surface area (TPSA) is 90.9 Å². The molecule has 0 spiro atoms. The van der Waals surface area contributed by atoms with Gasteiger partial charge >= 0.3 is 0 Å². The van der Waals surface area contributed by atoms with E-state index >= 15 is 0 Å². The summed E-state index contributed by atoms with van der Waals surface area (Å²) in [5, 5.41) is 15.9. The molecule has 4 rings (SSSR count). The molecule has 1 saturated carbocycles. The summed E-state index contributed by atoms with van der Waals surface area (Å²) < 4.78 is 18.8. The van der Waals surface area contributed by atoms with Gasteiger partial charge in [0, 0.05) is 24.3 Å². The van der Waals surface area contributed by atoms with Crippen LogP contribution in [0.3, 0.4) is 0 Å². The molecule has 2 aromatic carbocycles. The average Bonchev–Trinajstić information content (AvgIpc) is 3.32. The molecule has 0 bridgehead atoms. The molecule has 2 amide bonds. The van der Waals surface area contributed by atoms with Gasteiger partial charge in [-0.25, -0.2) is 4.39 Å². The average molecular weight is 512 g/mol. The number of halogens is 1. The van der Waals surface area contributed by atoms with Gasteiger partial charge in [-0.2, -0.15) is 0 Å². The maximum absolute atomic E-state index is 13.6. The Morgan fingerprint density at radius 3 is 2.70 bits per heavy atom. The minimum Gasteiger partial charge on any atom is -0.497 e. The zero-order chi connectivity index (χ0) is 26.2. The van der Waals surface area contributed by atoms with Gasteiger partial charge in [-0.3, -0.25) is 9.59 Å². The summed E-state index contributed by atoms with van der Waals surface area (Å²) in [4.78, 5) is 28.5. The highest BCUT2D eigenvalue weighted by atomic mass is 19.1. The molecule has 0 saturated heterocycles. The first kappa shape index (κ1) is 26.9. The highest BCUT2D eigenvalue weighted by molar-refractivity contribution is 5.97. The molecule has 37 heavy (non-hydrogen) atoms. The number of rotatable bonds is 11. The highest BCUT2D eigenvalue weighted by Crippen LogP contribution is 2.29. The number of fused-ring (bicyclic) bond motifs is 1. The number of aliphatic hydroxyl groups excluding tert-OH is 1. The number of carbonyl (C=O) groups excluding carboxylic acids is 2. The van der Waals surface area contributed by atoms with E-state index in [-0.39, 0.29) is 24.2 Å². The molecule has 2 aromatic rings. The number of anilines is 1. The fraction of sp³-hybridized carbons (Fsp3) is 0.517. The second-order valence-electron chi connectivity index (χ2n) is 10.2. The Labute approximate surface area is 218 Å². The van der Waals surface area contributed by atoms with E-state index in [1.54, 1.807) is 37.4 Å². The van der Waals surface area contributed by atoms with Crippen molar-refractivity contribution in [2.45, 2.75) is 63.5 Å². The van der Waals surface area contributed by atoms with Crippen molar-refractivity contribution in [3.05, 3.63) is 59.4 Å². The summed E-state index contributed by atoms with van der Waals surface area (Å²) in [7, 11) is 1.54. The lowest BCUT2D eigenvalue weighted by atomic mass is 9.85. The van der Waals surface area contributed by atoms with E-state index in [1.165, 1.54) is 31.4 Å². The molecule has 8 heteroatoms. The molecule has 1 aliphatic heterocycles. The standard InChI is InChI=1S/C29H38FN3O4/c1-37-25-9-5-8-22(17-25)28(35)32-26(12-10-20-6-3-2-4-7-20)29(36)31-24(19-34)18-33-15-14-21-16-23(30)11-13-27(21)33/h5,8-9,11,13,16-17,20,24,26,34H,2-4,6-7,10,12,14-15,18-19H2,1H3,(H,31,36)(H,32,35)/t24-,26-/m1/s1. The fourth-order valence-corrected chi connectivity index (χ4v) is 5.50. The van der Waals surface area contributed by atoms with E-state index in [0.717, 1.165) is 36.9 Å². The van der Waals surface area contributed by atoms with Crippen LogP contribution >= 0.6 is 0 Å². The fourth-order valence-electron chi connectivity index (χ4n) is 5.50. The van der Waals surface area contributed by atoms with Gasteiger partial charge in [0.25, 0.3) is 5.91 Å². The number of ether oxygens (including phenoxy) is 1. The minimum atomic E-state index is -0.713. The van der Waals surface area contributed by atoms with E-state index in [4.69, 9.17) is 4.74 Å². The van der Waals surface area contributed by atoms with Crippen molar-refractivity contribution in [3.8, 4) is 5.75 Å². The van der Waals surface area contributed by atoms with E-state index in [2.05, 4.69) is 15.5 Å². The maximum Gasteiger partial charge on any atom is 0.252 e. The quantitative estimate of drug-likeness (QED) is 0.427. The van der Waals surface area contributed by atoms with Gasteiger partial charge in [0.2, 0.25) is 5.91 Å². The van der Waals surface area contributed by atoms with Crippen LogP contribution in [0.15, 0.2) is 42.5 Å². The molecule has 3 N–H and O–H groups in total. The van der Waals surface area contributed by atoms with E-state index in [9.17, 15) is 19.1 Å². The van der Waals surface area contributed by atoms with Gasteiger partial charge < -0.3 is 25.4 Å². The van der Waals surface area contributed by atoms with Crippen molar-refractivity contribution in [2.75, 3.05) is 31.7 Å². The maximum atomic E-state index is 13.6. The van der Waals surface area contributed by atoms with Crippen LogP contribution in [0.25, 0.3) is 0 Å². The molecule has 7 nitrogen and oxygen atoms in total. The molecule has 1 fully saturated rings. The number of hydrogen-bond acceptors (Lipinski definition) is 5. The summed E-state index contributed by atoms with van der Waals surface area (Å²) in [5.74, 6) is 0.235. The number of carbonyl (C=O) groups is 2. The Morgan fingerprint density at radius 2 is 1.95 bits per heavy atom. The Hall–Kier alpha value is -3.13. The van der Waals surface area contributed by atoms with Gasteiger partial charge in [0.15, 0.2) is 0 Å². The molecule has 1 aliphatic carbocycles. The van der Waals surface area contributed by atoms with Crippen molar-refractivity contribution < 1.29 is 23.8 Å². The number of aliphatic hydroxyl groups is 1. The summed E-state index contributed by atoms with van der Waals surface area (Å²) >= 11 is 0. The lowest BCUT2D eigenvalue weighted by Crippen LogP contribution is -2.53. The van der Waals surface area contributed by atoms with Crippen LogP contribution in [0, 0.1) is 11.7 Å². The zero-order valence-corrected chi connectivity index (χ0v) is 21.5. The van der Waals surface area contributed by atoms with E-state index < -0.39 is 12.1 Å². The van der Waals surface area contributed by atoms with Crippen molar-refractivity contribution in [2.24, 2.45) is 5.92 Å². The highest BCUT2D eigenvalue weighted by Gasteiger charge is 2.28. The zero-order valence-electron chi connectivity index (χ0n) is 21.5. The number of nitrogens with zero attached hydrogens (tertiary/aromatic N) is 1. The van der Waals surface area contributed by atoms with Crippen LogP contribution in [0.4, 0.5) is 10.1 Å². The first-order valence-electron chi connectivity index (χ1n) is 13.4. The Balaban J connectivity index is 1.42. The predicted octanol–water partition coefficient (Wildman–Crippen LogP) is 3.83. The van der Waals surface area contributed by atoms with E-state index in [0.29, 0.717) is 36.7 Å². The third-order valence-electron chi connectivity index (χ3n) is 7.58. The third kappa shape index (κ3) is 7.22. The van der Waals surface area contributed by atoms with Gasteiger partial charge in [-0.1, -0.05) is 38.2 Å². The number of amides is 2. The Bertz CT molecular complexity index is 1070. The molecule has 1 heterocycles. The summed E-state index contributed by atoms with van der Waals surface area (Å²) in [6.07, 6.45) is 8.13. The summed E-state index contributed by atoms with van der Waals surface area (Å²) in [6, 6.07) is 10.3. The third-order valence-corrected chi connectivity index (χ3v) is 7.58. The SMILES string of the molecule is COc1cccc(C(=O)N[C@H](CCC2CCCCC2)C(=O)N[C@@H](CO)CN2CCc3cc(F)ccc32)c1. The number of benzene rings is 2. The second kappa shape index (κ2) is 12.9. The number of hydrogen-bond donors (Lipinski definition) is 3. The van der Waals surface area contributed by atoms with Crippen LogP contribution < -0.4 is 20.3 Å². The van der Waals surface area contributed by atoms with Gasteiger partial charge in [0.1, 0.15) is 17.6 Å². The lowest BCUT2D eigenvalue weighted by Gasteiger charge is -2.28. The Kier molecular flexibility index (Phi) is 9.39. The molecular weight excluding hydrogens is 473 g/mol. The van der Waals surface area contributed by atoms with Gasteiger partial charge in [0.05, 0.1) is 19.8 Å². The summed E-state index contributed by atoms with van der Waals surface area (Å²) in [5.41, 5.74) is 2.28.